The monoisotopic (exact) mass is 396 g/mol. The minimum absolute atomic E-state index is 0.0518. The molecule has 0 fully saturated rings. The van der Waals surface area contributed by atoms with Crippen LogP contribution in [0.25, 0.3) is 49.2 Å². The van der Waals surface area contributed by atoms with Crippen molar-refractivity contribution >= 4 is 55.4 Å². The van der Waals surface area contributed by atoms with E-state index in [1.807, 2.05) is 36.4 Å². The predicted octanol–water partition coefficient (Wildman–Crippen LogP) is 7.07. The number of fused-ring (bicyclic) bond motifs is 6. The molecule has 29 heavy (non-hydrogen) atoms. The number of hydrogen-bond acceptors (Lipinski definition) is 2. The first-order chi connectivity index (χ1) is 14.1. The molecule has 0 aliphatic carbocycles. The summed E-state index contributed by atoms with van der Waals surface area (Å²) in [7, 11) is 0. The second-order valence-corrected chi connectivity index (χ2v) is 7.64. The van der Waals surface area contributed by atoms with Crippen LogP contribution < -0.4 is 0 Å². The molecule has 2 heterocycles. The normalized spacial score (nSPS) is 11.9. The molecule has 0 spiro atoms. The summed E-state index contributed by atoms with van der Waals surface area (Å²) >= 11 is 6.20. The van der Waals surface area contributed by atoms with Crippen LogP contribution in [0.1, 0.15) is 0 Å². The molecule has 0 radical (unpaired) electrons. The molecular weight excluding hydrogens is 384 g/mol. The van der Waals surface area contributed by atoms with Crippen molar-refractivity contribution in [3.63, 3.8) is 0 Å². The molecule has 0 aliphatic rings. The Labute approximate surface area is 170 Å². The van der Waals surface area contributed by atoms with Crippen molar-refractivity contribution in [3.05, 3.63) is 94.0 Å². The standard InChI is InChI=1S/C24H13ClN2O2/c25-15-9-10-23(27(28)29)18(13-15)14-11-19-16-5-1-3-7-21(16)26-22-8-4-2-6-17(22)20(12-14)24(19)26/h1-13H. The fourth-order valence-corrected chi connectivity index (χ4v) is 4.68. The summed E-state index contributed by atoms with van der Waals surface area (Å²) < 4.78 is 2.28. The minimum Gasteiger partial charge on any atom is -0.308 e. The van der Waals surface area contributed by atoms with E-state index in [0.717, 1.165) is 43.7 Å². The van der Waals surface area contributed by atoms with Gasteiger partial charge in [0.2, 0.25) is 0 Å². The van der Waals surface area contributed by atoms with Gasteiger partial charge in [0.15, 0.2) is 0 Å². The van der Waals surface area contributed by atoms with Crippen molar-refractivity contribution < 1.29 is 4.92 Å². The third-order valence-electron chi connectivity index (χ3n) is 5.67. The van der Waals surface area contributed by atoms with Crippen molar-refractivity contribution in [2.45, 2.75) is 0 Å². The number of nitro benzene ring substituents is 1. The number of benzene rings is 4. The summed E-state index contributed by atoms with van der Waals surface area (Å²) in [5, 5.41) is 16.6. The van der Waals surface area contributed by atoms with Crippen LogP contribution in [-0.4, -0.2) is 9.32 Å². The molecule has 4 aromatic carbocycles. The van der Waals surface area contributed by atoms with E-state index in [1.54, 1.807) is 12.1 Å². The van der Waals surface area contributed by atoms with Gasteiger partial charge < -0.3 is 4.40 Å². The van der Waals surface area contributed by atoms with Gasteiger partial charge in [0.1, 0.15) is 0 Å². The van der Waals surface area contributed by atoms with Crippen molar-refractivity contribution in [2.75, 3.05) is 0 Å². The molecule has 6 rings (SSSR count). The maximum Gasteiger partial charge on any atom is 0.277 e. The lowest BCUT2D eigenvalue weighted by molar-refractivity contribution is -0.384. The Morgan fingerprint density at radius 1 is 0.759 bits per heavy atom. The molecule has 5 heteroatoms. The first-order valence-electron chi connectivity index (χ1n) is 9.25. The van der Waals surface area contributed by atoms with E-state index >= 15 is 0 Å². The maximum atomic E-state index is 11.7. The summed E-state index contributed by atoms with van der Waals surface area (Å²) in [5.74, 6) is 0. The highest BCUT2D eigenvalue weighted by molar-refractivity contribution is 6.31. The van der Waals surface area contributed by atoms with Crippen LogP contribution in [0.15, 0.2) is 78.9 Å². The Balaban J connectivity index is 1.85. The van der Waals surface area contributed by atoms with E-state index in [9.17, 15) is 10.1 Å². The van der Waals surface area contributed by atoms with Crippen LogP contribution in [0.4, 0.5) is 5.69 Å². The Morgan fingerprint density at radius 2 is 1.34 bits per heavy atom. The van der Waals surface area contributed by atoms with Gasteiger partial charge in [-0.15, -0.1) is 0 Å². The van der Waals surface area contributed by atoms with E-state index in [-0.39, 0.29) is 10.6 Å². The Bertz CT molecular complexity index is 1520. The Kier molecular flexibility index (Phi) is 3.20. The lowest BCUT2D eigenvalue weighted by Crippen LogP contribution is -1.92. The molecular formula is C24H13ClN2O2. The zero-order valence-corrected chi connectivity index (χ0v) is 15.9. The van der Waals surface area contributed by atoms with Gasteiger partial charge >= 0.3 is 0 Å². The van der Waals surface area contributed by atoms with E-state index in [0.29, 0.717) is 10.6 Å². The van der Waals surface area contributed by atoms with Gasteiger partial charge in [0.25, 0.3) is 5.69 Å². The van der Waals surface area contributed by atoms with Crippen LogP contribution in [0.5, 0.6) is 0 Å². The first-order valence-corrected chi connectivity index (χ1v) is 9.62. The van der Waals surface area contributed by atoms with Gasteiger partial charge in [-0.2, -0.15) is 0 Å². The molecule has 0 bridgehead atoms. The lowest BCUT2D eigenvalue weighted by Gasteiger charge is -2.06. The minimum atomic E-state index is -0.355. The SMILES string of the molecule is O=[N+]([O-])c1ccc(Cl)cc1-c1cc2c3ccccc3n3c4ccccc4c(c1)c23. The zero-order chi connectivity index (χ0) is 19.7. The fourth-order valence-electron chi connectivity index (χ4n) is 4.50. The van der Waals surface area contributed by atoms with Crippen LogP contribution in [0.3, 0.4) is 0 Å². The topological polar surface area (TPSA) is 47.5 Å². The summed E-state index contributed by atoms with van der Waals surface area (Å²) in [6.45, 7) is 0. The number of halogens is 1. The summed E-state index contributed by atoms with van der Waals surface area (Å²) in [6.07, 6.45) is 0. The number of nitrogens with zero attached hydrogens (tertiary/aromatic N) is 2. The second-order valence-electron chi connectivity index (χ2n) is 7.21. The van der Waals surface area contributed by atoms with Crippen LogP contribution in [0.2, 0.25) is 5.02 Å². The van der Waals surface area contributed by atoms with Gasteiger partial charge in [-0.05, 0) is 42.0 Å². The first kappa shape index (κ1) is 16.3. The molecule has 0 unspecified atom stereocenters. The molecule has 6 aromatic rings. The zero-order valence-electron chi connectivity index (χ0n) is 15.1. The lowest BCUT2D eigenvalue weighted by atomic mass is 9.98. The molecule has 0 amide bonds. The van der Waals surface area contributed by atoms with Crippen molar-refractivity contribution in [3.8, 4) is 11.1 Å². The Morgan fingerprint density at radius 3 is 1.93 bits per heavy atom. The average molecular weight is 397 g/mol. The quantitative estimate of drug-likeness (QED) is 0.232. The molecule has 0 N–H and O–H groups in total. The number of nitro groups is 1. The Hall–Kier alpha value is -3.63. The number of para-hydroxylation sites is 2. The highest BCUT2D eigenvalue weighted by atomic mass is 35.5. The second kappa shape index (κ2) is 5.69. The summed E-state index contributed by atoms with van der Waals surface area (Å²) in [4.78, 5) is 11.3. The third-order valence-corrected chi connectivity index (χ3v) is 5.91. The van der Waals surface area contributed by atoms with Gasteiger partial charge in [0, 0.05) is 32.6 Å². The van der Waals surface area contributed by atoms with E-state index in [1.165, 1.54) is 6.07 Å². The molecule has 2 aromatic heterocycles. The van der Waals surface area contributed by atoms with Crippen LogP contribution in [-0.2, 0) is 0 Å². The van der Waals surface area contributed by atoms with Crippen molar-refractivity contribution in [1.82, 2.24) is 4.40 Å². The molecule has 0 aliphatic heterocycles. The molecule has 4 nitrogen and oxygen atoms in total. The van der Waals surface area contributed by atoms with Crippen LogP contribution in [0, 0.1) is 10.1 Å². The summed E-state index contributed by atoms with van der Waals surface area (Å²) in [6, 6.07) is 25.3. The predicted molar refractivity (Wildman–Crippen MR) is 118 cm³/mol. The number of hydrogen-bond donors (Lipinski definition) is 0. The van der Waals surface area contributed by atoms with E-state index in [4.69, 9.17) is 11.6 Å². The fraction of sp³-hybridized carbons (Fsp3) is 0. The van der Waals surface area contributed by atoms with Gasteiger partial charge in [-0.25, -0.2) is 0 Å². The van der Waals surface area contributed by atoms with Crippen molar-refractivity contribution in [1.29, 1.82) is 0 Å². The van der Waals surface area contributed by atoms with Gasteiger partial charge in [-0.1, -0.05) is 48.0 Å². The molecule has 0 atom stereocenters. The maximum absolute atomic E-state index is 11.7. The molecule has 138 valence electrons. The van der Waals surface area contributed by atoms with Crippen LogP contribution >= 0.6 is 11.6 Å². The largest absolute Gasteiger partial charge is 0.308 e. The highest BCUT2D eigenvalue weighted by Crippen LogP contribution is 2.43. The van der Waals surface area contributed by atoms with Crippen molar-refractivity contribution in [2.24, 2.45) is 0 Å². The van der Waals surface area contributed by atoms with Gasteiger partial charge in [0.05, 0.1) is 27.0 Å². The van der Waals surface area contributed by atoms with E-state index in [2.05, 4.69) is 28.7 Å². The molecule has 0 saturated heterocycles. The average Bonchev–Trinajstić information content (AvgIpc) is 3.25. The number of aromatic nitrogens is 1. The van der Waals surface area contributed by atoms with E-state index < -0.39 is 0 Å². The van der Waals surface area contributed by atoms with Gasteiger partial charge in [-0.3, -0.25) is 10.1 Å². The number of rotatable bonds is 2. The third kappa shape index (κ3) is 2.15. The highest BCUT2D eigenvalue weighted by Gasteiger charge is 2.21. The smallest absolute Gasteiger partial charge is 0.277 e. The molecule has 0 saturated carbocycles. The summed E-state index contributed by atoms with van der Waals surface area (Å²) in [5.41, 5.74) is 4.78.